The molecule has 190 valence electrons. The molecule has 5 heterocycles. The van der Waals surface area contributed by atoms with Crippen LogP contribution in [0.5, 0.6) is 0 Å². The summed E-state index contributed by atoms with van der Waals surface area (Å²) in [5, 5.41) is 15.0. The molecule has 0 saturated carbocycles. The minimum absolute atomic E-state index is 0.0112. The second-order valence-electron chi connectivity index (χ2n) is 9.34. The van der Waals surface area contributed by atoms with Gasteiger partial charge in [0.15, 0.2) is 17.3 Å². The lowest BCUT2D eigenvalue weighted by molar-refractivity contribution is -0.137. The van der Waals surface area contributed by atoms with E-state index in [0.29, 0.717) is 24.5 Å². The number of hydrogen-bond acceptors (Lipinski definition) is 9. The molecule has 0 unspecified atom stereocenters. The quantitative estimate of drug-likeness (QED) is 0.537. The van der Waals surface area contributed by atoms with E-state index in [2.05, 4.69) is 42.4 Å². The highest BCUT2D eigenvalue weighted by Crippen LogP contribution is 2.33. The highest BCUT2D eigenvalue weighted by atomic mass is 19.1. The van der Waals surface area contributed by atoms with Crippen molar-refractivity contribution in [2.45, 2.75) is 19.8 Å². The molecule has 2 aliphatic rings. The summed E-state index contributed by atoms with van der Waals surface area (Å²) in [5.41, 5.74) is 8.02. The summed E-state index contributed by atoms with van der Waals surface area (Å²) in [5.74, 6) is -0.969. The number of piperazine rings is 1. The SMILES string of the molecule is Cc1nncc(NC(=O)c2c(N)nn3cc(F)cnc23)c1N1CCC(C(=O)N2CCN(C)CC2)CC1. The third-order valence-corrected chi connectivity index (χ3v) is 6.91. The number of carbonyl (C=O) groups excluding carboxylic acids is 2. The molecule has 2 aliphatic heterocycles. The zero-order valence-corrected chi connectivity index (χ0v) is 20.3. The van der Waals surface area contributed by atoms with E-state index in [9.17, 15) is 14.0 Å². The Hall–Kier alpha value is -3.87. The van der Waals surface area contributed by atoms with Gasteiger partial charge in [-0.1, -0.05) is 0 Å². The smallest absolute Gasteiger partial charge is 0.263 e. The van der Waals surface area contributed by atoms with Crippen molar-refractivity contribution in [3.8, 4) is 0 Å². The van der Waals surface area contributed by atoms with Crippen LogP contribution < -0.4 is 16.0 Å². The molecule has 0 atom stereocenters. The van der Waals surface area contributed by atoms with Gasteiger partial charge in [-0.25, -0.2) is 13.9 Å². The average Bonchev–Trinajstić information content (AvgIpc) is 3.19. The highest BCUT2D eigenvalue weighted by Gasteiger charge is 2.31. The summed E-state index contributed by atoms with van der Waals surface area (Å²) < 4.78 is 14.7. The van der Waals surface area contributed by atoms with Crippen molar-refractivity contribution < 1.29 is 14.0 Å². The van der Waals surface area contributed by atoms with Crippen LogP contribution in [0.1, 0.15) is 28.9 Å². The van der Waals surface area contributed by atoms with Crippen LogP contribution in [0, 0.1) is 18.7 Å². The van der Waals surface area contributed by atoms with E-state index in [1.807, 2.05) is 11.8 Å². The van der Waals surface area contributed by atoms with E-state index in [0.717, 1.165) is 61.6 Å². The number of nitrogens with two attached hydrogens (primary N) is 1. The number of anilines is 3. The number of nitrogens with zero attached hydrogens (tertiary/aromatic N) is 8. The topological polar surface area (TPSA) is 138 Å². The van der Waals surface area contributed by atoms with Gasteiger partial charge in [-0.15, -0.1) is 5.10 Å². The number of aromatic nitrogens is 5. The van der Waals surface area contributed by atoms with E-state index in [1.54, 1.807) is 0 Å². The number of hydrogen-bond donors (Lipinski definition) is 2. The summed E-state index contributed by atoms with van der Waals surface area (Å²) in [4.78, 5) is 36.5. The van der Waals surface area contributed by atoms with Gasteiger partial charge < -0.3 is 25.8 Å². The number of halogens is 1. The third-order valence-electron chi connectivity index (χ3n) is 6.91. The van der Waals surface area contributed by atoms with Crippen molar-refractivity contribution in [2.75, 3.05) is 62.3 Å². The molecule has 2 fully saturated rings. The Kier molecular flexibility index (Phi) is 6.39. The number of amides is 2. The molecule has 0 bridgehead atoms. The number of nitrogen functional groups attached to an aromatic ring is 1. The maximum Gasteiger partial charge on any atom is 0.263 e. The molecule has 0 aromatic carbocycles. The molecular formula is C23H29FN10O2. The van der Waals surface area contributed by atoms with Gasteiger partial charge in [0.05, 0.1) is 35.7 Å². The van der Waals surface area contributed by atoms with Crippen LogP contribution in [0.15, 0.2) is 18.6 Å². The Balaban J connectivity index is 1.31. The molecule has 3 aromatic rings. The molecule has 0 aliphatic carbocycles. The van der Waals surface area contributed by atoms with Crippen LogP contribution in [0.4, 0.5) is 21.6 Å². The second-order valence-corrected chi connectivity index (χ2v) is 9.34. The number of carbonyl (C=O) groups is 2. The molecule has 2 saturated heterocycles. The first-order chi connectivity index (χ1) is 17.3. The van der Waals surface area contributed by atoms with E-state index in [-0.39, 0.29) is 28.9 Å². The van der Waals surface area contributed by atoms with Crippen molar-refractivity contribution >= 4 is 34.7 Å². The summed E-state index contributed by atoms with van der Waals surface area (Å²) in [6.45, 7) is 6.47. The lowest BCUT2D eigenvalue weighted by atomic mass is 9.94. The van der Waals surface area contributed by atoms with Crippen molar-refractivity contribution in [2.24, 2.45) is 5.92 Å². The molecule has 12 nitrogen and oxygen atoms in total. The van der Waals surface area contributed by atoms with Gasteiger partial charge in [-0.3, -0.25) is 9.59 Å². The first-order valence-electron chi connectivity index (χ1n) is 12.0. The number of fused-ring (bicyclic) bond motifs is 1. The maximum absolute atomic E-state index is 13.5. The molecule has 3 aromatic heterocycles. The van der Waals surface area contributed by atoms with E-state index in [4.69, 9.17) is 5.73 Å². The van der Waals surface area contributed by atoms with Crippen LogP contribution in [0.3, 0.4) is 0 Å². The predicted octanol–water partition coefficient (Wildman–Crippen LogP) is 0.792. The average molecular weight is 497 g/mol. The summed E-state index contributed by atoms with van der Waals surface area (Å²) in [7, 11) is 2.07. The zero-order valence-electron chi connectivity index (χ0n) is 20.3. The number of nitrogens with one attached hydrogen (secondary N) is 1. The maximum atomic E-state index is 13.5. The molecule has 0 spiro atoms. The van der Waals surface area contributed by atoms with Gasteiger partial charge in [-0.2, -0.15) is 10.2 Å². The standard InChI is InChI=1S/C23H29FN10O2/c1-14-19(32-5-3-15(4-6-32)23(36)33-9-7-31(2)8-10-33)17(12-27-29-14)28-22(35)18-20(25)30-34-13-16(24)11-26-21(18)34/h11-13,15H,3-10H2,1-2H3,(H2,25,30)(H,28,29,35). The first-order valence-corrected chi connectivity index (χ1v) is 12.0. The number of piperidine rings is 1. The Bertz CT molecular complexity index is 1300. The Labute approximate surface area is 207 Å². The molecule has 5 rings (SSSR count). The molecule has 0 radical (unpaired) electrons. The van der Waals surface area contributed by atoms with Crippen molar-refractivity contribution in [3.63, 3.8) is 0 Å². The fourth-order valence-electron chi connectivity index (χ4n) is 4.93. The van der Waals surface area contributed by atoms with Crippen LogP contribution in [-0.2, 0) is 4.79 Å². The zero-order chi connectivity index (χ0) is 25.4. The van der Waals surface area contributed by atoms with E-state index < -0.39 is 11.7 Å². The van der Waals surface area contributed by atoms with Gasteiger partial charge in [-0.05, 0) is 26.8 Å². The number of likely N-dealkylation sites (N-methyl/N-ethyl adjacent to an activating group) is 1. The lowest BCUT2D eigenvalue weighted by Gasteiger charge is -2.38. The normalized spacial score (nSPS) is 17.5. The molecule has 13 heteroatoms. The van der Waals surface area contributed by atoms with Gasteiger partial charge in [0.1, 0.15) is 5.56 Å². The van der Waals surface area contributed by atoms with Crippen LogP contribution >= 0.6 is 0 Å². The van der Waals surface area contributed by atoms with Gasteiger partial charge in [0.2, 0.25) is 5.91 Å². The second kappa shape index (κ2) is 9.64. The first kappa shape index (κ1) is 23.9. The van der Waals surface area contributed by atoms with Gasteiger partial charge in [0.25, 0.3) is 5.91 Å². The van der Waals surface area contributed by atoms with Crippen LogP contribution in [0.2, 0.25) is 0 Å². The highest BCUT2D eigenvalue weighted by molar-refractivity contribution is 6.12. The summed E-state index contributed by atoms with van der Waals surface area (Å²) in [6.07, 6.45) is 5.03. The molecule has 3 N–H and O–H groups in total. The number of aryl methyl sites for hydroxylation is 1. The van der Waals surface area contributed by atoms with Gasteiger partial charge >= 0.3 is 0 Å². The van der Waals surface area contributed by atoms with E-state index >= 15 is 0 Å². The monoisotopic (exact) mass is 496 g/mol. The Morgan fingerprint density at radius 1 is 1.11 bits per heavy atom. The minimum Gasteiger partial charge on any atom is -0.381 e. The molecule has 36 heavy (non-hydrogen) atoms. The number of rotatable bonds is 4. The minimum atomic E-state index is -0.595. The fraction of sp³-hybridized carbons (Fsp3) is 0.478. The van der Waals surface area contributed by atoms with Crippen LogP contribution in [0.25, 0.3) is 5.65 Å². The molecule has 2 amide bonds. The Morgan fingerprint density at radius 3 is 2.56 bits per heavy atom. The van der Waals surface area contributed by atoms with Crippen molar-refractivity contribution in [3.05, 3.63) is 35.7 Å². The predicted molar refractivity (Wildman–Crippen MR) is 131 cm³/mol. The van der Waals surface area contributed by atoms with E-state index in [1.165, 1.54) is 6.20 Å². The summed E-state index contributed by atoms with van der Waals surface area (Å²) >= 11 is 0. The lowest BCUT2D eigenvalue weighted by Crippen LogP contribution is -2.50. The largest absolute Gasteiger partial charge is 0.381 e. The van der Waals surface area contributed by atoms with Crippen LogP contribution in [-0.4, -0.2) is 92.7 Å². The van der Waals surface area contributed by atoms with Gasteiger partial charge in [0, 0.05) is 45.2 Å². The molecular weight excluding hydrogens is 467 g/mol. The van der Waals surface area contributed by atoms with Crippen molar-refractivity contribution in [1.82, 2.24) is 34.6 Å². The Morgan fingerprint density at radius 2 is 1.83 bits per heavy atom. The third kappa shape index (κ3) is 4.53. The van der Waals surface area contributed by atoms with Crippen molar-refractivity contribution in [1.29, 1.82) is 0 Å². The summed E-state index contributed by atoms with van der Waals surface area (Å²) in [6, 6.07) is 0. The fourth-order valence-corrected chi connectivity index (χ4v) is 4.93.